The lowest BCUT2D eigenvalue weighted by atomic mass is 9.81. The van der Waals surface area contributed by atoms with Crippen LogP contribution in [0.2, 0.25) is 0 Å². The molecule has 0 N–H and O–H groups in total. The molecule has 0 saturated carbocycles. The van der Waals surface area contributed by atoms with Crippen LogP contribution in [0.1, 0.15) is 31.4 Å². The third-order valence-corrected chi connectivity index (χ3v) is 8.53. The van der Waals surface area contributed by atoms with Crippen molar-refractivity contribution in [3.63, 3.8) is 0 Å². The van der Waals surface area contributed by atoms with Crippen LogP contribution < -0.4 is 4.90 Å². The first-order valence-corrected chi connectivity index (χ1v) is 14.1. The molecule has 3 aliphatic rings. The quantitative estimate of drug-likeness (QED) is 0.359. The van der Waals surface area contributed by atoms with E-state index in [4.69, 9.17) is 24.4 Å². The highest BCUT2D eigenvalue weighted by Gasteiger charge is 2.36. The summed E-state index contributed by atoms with van der Waals surface area (Å²) in [4.78, 5) is 23.6. The molecule has 0 spiro atoms. The van der Waals surface area contributed by atoms with Crippen molar-refractivity contribution in [1.82, 2.24) is 34.0 Å². The number of aryl methyl sites for hydroxylation is 1. The highest BCUT2D eigenvalue weighted by Crippen LogP contribution is 2.35. The van der Waals surface area contributed by atoms with Crippen LogP contribution in [0.4, 0.5) is 14.6 Å². The molecule has 12 heteroatoms. The molecule has 7 rings (SSSR count). The summed E-state index contributed by atoms with van der Waals surface area (Å²) in [7, 11) is 1.95. The maximum Gasteiger partial charge on any atom is 0.302 e. The van der Waals surface area contributed by atoms with E-state index >= 15 is 0 Å². The Bertz CT molecular complexity index is 1530. The lowest BCUT2D eigenvalue weighted by molar-refractivity contribution is -0.0115. The Morgan fingerprint density at radius 1 is 0.925 bits per heavy atom. The lowest BCUT2D eigenvalue weighted by Crippen LogP contribution is -2.50. The number of para-hydroxylation sites is 2. The molecule has 3 aliphatic heterocycles. The molecule has 3 saturated heterocycles. The number of hydrogen-bond donors (Lipinski definition) is 0. The van der Waals surface area contributed by atoms with Gasteiger partial charge in [0.05, 0.1) is 30.8 Å². The van der Waals surface area contributed by atoms with Crippen molar-refractivity contribution >= 4 is 28.0 Å². The Balaban J connectivity index is 1.29. The Morgan fingerprint density at radius 3 is 2.40 bits per heavy atom. The van der Waals surface area contributed by atoms with Crippen LogP contribution in [-0.4, -0.2) is 86.6 Å². The number of alkyl halides is 2. The second-order valence-corrected chi connectivity index (χ2v) is 11.3. The number of benzene rings is 1. The number of nitrogens with zero attached hydrogens (tertiary/aromatic N) is 8. The van der Waals surface area contributed by atoms with Gasteiger partial charge in [0.15, 0.2) is 22.8 Å². The summed E-state index contributed by atoms with van der Waals surface area (Å²) in [6, 6.07) is 7.09. The van der Waals surface area contributed by atoms with Crippen molar-refractivity contribution in [2.24, 2.45) is 18.9 Å². The van der Waals surface area contributed by atoms with Gasteiger partial charge in [0.2, 0.25) is 5.95 Å². The van der Waals surface area contributed by atoms with E-state index < -0.39 is 5.92 Å². The van der Waals surface area contributed by atoms with Crippen molar-refractivity contribution in [2.75, 3.05) is 57.5 Å². The average Bonchev–Trinajstić information content (AvgIpc) is 3.49. The maximum atomic E-state index is 14.9. The zero-order chi connectivity index (χ0) is 27.4. The van der Waals surface area contributed by atoms with Gasteiger partial charge < -0.3 is 18.9 Å². The minimum Gasteiger partial charge on any atom is -0.381 e. The maximum absolute atomic E-state index is 14.9. The Kier molecular flexibility index (Phi) is 6.43. The Morgan fingerprint density at radius 2 is 1.65 bits per heavy atom. The van der Waals surface area contributed by atoms with Crippen molar-refractivity contribution in [2.45, 2.75) is 32.2 Å². The van der Waals surface area contributed by atoms with Crippen molar-refractivity contribution < 1.29 is 18.3 Å². The minimum absolute atomic E-state index is 0.164. The summed E-state index contributed by atoms with van der Waals surface area (Å²) in [5.41, 5.74) is 2.30. The number of aromatic nitrogens is 6. The topological polar surface area (TPSA) is 86.4 Å². The first kappa shape index (κ1) is 25.7. The molecule has 4 aromatic rings. The van der Waals surface area contributed by atoms with Crippen LogP contribution in [0.15, 0.2) is 24.3 Å². The van der Waals surface area contributed by atoms with E-state index in [0.717, 1.165) is 57.8 Å². The smallest absolute Gasteiger partial charge is 0.302 e. The molecule has 3 aromatic heterocycles. The monoisotopic (exact) mass is 552 g/mol. The van der Waals surface area contributed by atoms with Gasteiger partial charge >= 0.3 is 5.92 Å². The SMILES string of the molecule is Cn1c(CN2CC(C3CCOCC3)C2)nc2c(N3CCOCC3)nc(-n3c(C(C)(F)F)nc4ccccc43)nc21. The van der Waals surface area contributed by atoms with Crippen LogP contribution in [0.5, 0.6) is 0 Å². The number of imidazole rings is 2. The first-order valence-electron chi connectivity index (χ1n) is 14.1. The first-order chi connectivity index (χ1) is 19.4. The van der Waals surface area contributed by atoms with E-state index in [1.54, 1.807) is 18.2 Å². The fourth-order valence-electron chi connectivity index (χ4n) is 6.26. The molecular formula is C28H34F2N8O2. The van der Waals surface area contributed by atoms with Crippen LogP contribution in [0, 0.1) is 11.8 Å². The standard InChI is InChI=1S/C28H34F2N8O2/c1-28(29,30)26-31-20-5-3-4-6-21(20)38(26)27-33-24-23(25(34-27)37-9-13-40-14-10-37)32-22(35(24)2)17-36-15-19(16-36)18-7-11-39-12-8-18/h3-6,18-19H,7-17H2,1-2H3. The summed E-state index contributed by atoms with van der Waals surface area (Å²) < 4.78 is 44.2. The molecule has 0 radical (unpaired) electrons. The molecular weight excluding hydrogens is 518 g/mol. The molecule has 0 unspecified atom stereocenters. The number of morpholine rings is 1. The molecule has 0 bridgehead atoms. The van der Waals surface area contributed by atoms with E-state index in [9.17, 15) is 8.78 Å². The molecule has 0 atom stereocenters. The van der Waals surface area contributed by atoms with E-state index in [-0.39, 0.29) is 11.8 Å². The van der Waals surface area contributed by atoms with Gasteiger partial charge in [0.1, 0.15) is 5.82 Å². The summed E-state index contributed by atoms with van der Waals surface area (Å²) in [6.07, 6.45) is 2.29. The number of anilines is 1. The van der Waals surface area contributed by atoms with Crippen LogP contribution in [0.3, 0.4) is 0 Å². The van der Waals surface area contributed by atoms with E-state index in [2.05, 4.69) is 14.8 Å². The van der Waals surface area contributed by atoms with Gasteiger partial charge in [-0.25, -0.2) is 9.97 Å². The van der Waals surface area contributed by atoms with E-state index in [1.807, 2.05) is 17.7 Å². The number of likely N-dealkylation sites (tertiary alicyclic amines) is 1. The molecule has 6 heterocycles. The summed E-state index contributed by atoms with van der Waals surface area (Å²) in [6.45, 7) is 7.81. The normalized spacial score (nSPS) is 20.1. The number of fused-ring (bicyclic) bond motifs is 2. The van der Waals surface area contributed by atoms with Gasteiger partial charge in [-0.15, -0.1) is 0 Å². The summed E-state index contributed by atoms with van der Waals surface area (Å²) in [5.74, 6) is -0.442. The zero-order valence-corrected chi connectivity index (χ0v) is 22.9. The van der Waals surface area contributed by atoms with Crippen LogP contribution in [-0.2, 0) is 29.0 Å². The number of ether oxygens (including phenoxy) is 2. The third kappa shape index (κ3) is 4.51. The Hall–Kier alpha value is -3.22. The van der Waals surface area contributed by atoms with Crippen molar-refractivity contribution in [3.05, 3.63) is 35.9 Å². The average molecular weight is 553 g/mol. The predicted octanol–water partition coefficient (Wildman–Crippen LogP) is 3.51. The highest BCUT2D eigenvalue weighted by atomic mass is 19.3. The highest BCUT2D eigenvalue weighted by molar-refractivity contribution is 5.86. The molecule has 1 aromatic carbocycles. The summed E-state index contributed by atoms with van der Waals surface area (Å²) in [5, 5.41) is 0. The van der Waals surface area contributed by atoms with Gasteiger partial charge in [-0.05, 0) is 36.8 Å². The molecule has 0 aliphatic carbocycles. The fraction of sp³-hybridized carbons (Fsp3) is 0.571. The van der Waals surface area contributed by atoms with Crippen LogP contribution >= 0.6 is 0 Å². The third-order valence-electron chi connectivity index (χ3n) is 8.53. The molecule has 10 nitrogen and oxygen atoms in total. The second-order valence-electron chi connectivity index (χ2n) is 11.3. The second kappa shape index (κ2) is 10.0. The van der Waals surface area contributed by atoms with Gasteiger partial charge in [0, 0.05) is 53.4 Å². The lowest BCUT2D eigenvalue weighted by Gasteiger charge is -2.44. The van der Waals surface area contributed by atoms with E-state index in [0.29, 0.717) is 66.8 Å². The molecule has 212 valence electrons. The zero-order valence-electron chi connectivity index (χ0n) is 22.9. The Labute approximate surface area is 230 Å². The molecule has 3 fully saturated rings. The largest absolute Gasteiger partial charge is 0.381 e. The van der Waals surface area contributed by atoms with Crippen molar-refractivity contribution in [1.29, 1.82) is 0 Å². The number of halogens is 2. The van der Waals surface area contributed by atoms with Gasteiger partial charge in [-0.2, -0.15) is 18.7 Å². The number of rotatable bonds is 6. The summed E-state index contributed by atoms with van der Waals surface area (Å²) >= 11 is 0. The van der Waals surface area contributed by atoms with Gasteiger partial charge in [-0.3, -0.25) is 9.47 Å². The minimum atomic E-state index is -3.19. The van der Waals surface area contributed by atoms with Crippen molar-refractivity contribution in [3.8, 4) is 5.95 Å². The molecule has 0 amide bonds. The van der Waals surface area contributed by atoms with E-state index in [1.165, 1.54) is 4.57 Å². The fourth-order valence-corrected chi connectivity index (χ4v) is 6.26. The van der Waals surface area contributed by atoms with Gasteiger partial charge in [-0.1, -0.05) is 12.1 Å². The van der Waals surface area contributed by atoms with Gasteiger partial charge in [0.25, 0.3) is 0 Å². The molecule has 40 heavy (non-hydrogen) atoms. The predicted molar refractivity (Wildman–Crippen MR) is 146 cm³/mol. The van der Waals surface area contributed by atoms with Crippen LogP contribution in [0.25, 0.3) is 28.1 Å². The number of hydrogen-bond acceptors (Lipinski definition) is 8.